The lowest BCUT2D eigenvalue weighted by Gasteiger charge is -2.49. The summed E-state index contributed by atoms with van der Waals surface area (Å²) < 4.78 is 12.3. The monoisotopic (exact) mass is 590 g/mol. The van der Waals surface area contributed by atoms with Gasteiger partial charge in [0.2, 0.25) is 0 Å². The van der Waals surface area contributed by atoms with Gasteiger partial charge >= 0.3 is 5.97 Å². The van der Waals surface area contributed by atoms with E-state index in [0.717, 1.165) is 17.6 Å². The summed E-state index contributed by atoms with van der Waals surface area (Å²) in [6.45, 7) is 21.0. The van der Waals surface area contributed by atoms with Crippen LogP contribution in [-0.4, -0.2) is 62.7 Å². The van der Waals surface area contributed by atoms with Crippen molar-refractivity contribution in [2.45, 2.75) is 125 Å². The van der Waals surface area contributed by atoms with E-state index in [1.807, 2.05) is 86.6 Å². The number of aliphatic hydroxyl groups excluding tert-OH is 3. The van der Waals surface area contributed by atoms with Gasteiger partial charge in [0.25, 0.3) is 0 Å². The predicted molar refractivity (Wildman–Crippen MR) is 167 cm³/mol. The van der Waals surface area contributed by atoms with Crippen molar-refractivity contribution in [1.29, 1.82) is 0 Å². The molecule has 240 valence electrons. The first kappa shape index (κ1) is 36.4. The Bertz CT molecular complexity index is 1030. The molecule has 2 heterocycles. The van der Waals surface area contributed by atoms with Gasteiger partial charge in [-0.1, -0.05) is 90.8 Å². The quantitative estimate of drug-likeness (QED) is 0.302. The molecule has 2 aliphatic heterocycles. The van der Waals surface area contributed by atoms with Crippen molar-refractivity contribution in [3.05, 3.63) is 47.1 Å². The third-order valence-electron chi connectivity index (χ3n) is 9.52. The van der Waals surface area contributed by atoms with E-state index in [9.17, 15) is 25.2 Å². The Morgan fingerprint density at radius 2 is 1.60 bits per heavy atom. The van der Waals surface area contributed by atoms with E-state index in [2.05, 4.69) is 0 Å². The summed E-state index contributed by atoms with van der Waals surface area (Å²) >= 11 is 0. The largest absolute Gasteiger partial charge is 0.458 e. The van der Waals surface area contributed by atoms with Crippen LogP contribution in [0.2, 0.25) is 0 Å². The van der Waals surface area contributed by atoms with Gasteiger partial charge in [-0.15, -0.1) is 0 Å². The van der Waals surface area contributed by atoms with Gasteiger partial charge < -0.3 is 29.9 Å². The highest BCUT2D eigenvalue weighted by molar-refractivity contribution is 5.88. The van der Waals surface area contributed by atoms with E-state index in [0.29, 0.717) is 5.57 Å². The summed E-state index contributed by atoms with van der Waals surface area (Å²) in [5.74, 6) is -3.91. The number of rotatable bonds is 5. The Hall–Kier alpha value is -1.77. The van der Waals surface area contributed by atoms with Crippen LogP contribution in [0.1, 0.15) is 89.0 Å². The molecule has 0 saturated carbocycles. The Kier molecular flexibility index (Phi) is 13.3. The molecule has 12 atom stereocenters. The molecule has 0 aromatic rings. The van der Waals surface area contributed by atoms with E-state index in [1.165, 1.54) is 0 Å². The summed E-state index contributed by atoms with van der Waals surface area (Å²) in [5, 5.41) is 44.8. The molecule has 2 aliphatic rings. The van der Waals surface area contributed by atoms with Crippen molar-refractivity contribution in [1.82, 2.24) is 0 Å². The molecule has 7 nitrogen and oxygen atoms in total. The normalized spacial score (nSPS) is 41.4. The number of aliphatic hydroxyl groups is 4. The van der Waals surface area contributed by atoms with E-state index >= 15 is 0 Å². The number of esters is 1. The molecule has 0 aromatic carbocycles. The van der Waals surface area contributed by atoms with Crippen LogP contribution in [0.3, 0.4) is 0 Å². The molecule has 0 aromatic heterocycles. The zero-order valence-electron chi connectivity index (χ0n) is 27.7. The fraction of sp³-hybridized carbons (Fsp3) is 0.743. The van der Waals surface area contributed by atoms with Gasteiger partial charge in [0.15, 0.2) is 5.79 Å². The van der Waals surface area contributed by atoms with Gasteiger partial charge in [-0.25, -0.2) is 4.79 Å². The van der Waals surface area contributed by atoms with E-state index in [1.54, 1.807) is 19.9 Å². The van der Waals surface area contributed by atoms with Crippen LogP contribution in [0.4, 0.5) is 0 Å². The van der Waals surface area contributed by atoms with Gasteiger partial charge in [-0.3, -0.25) is 0 Å². The van der Waals surface area contributed by atoms with E-state index in [4.69, 9.17) is 9.47 Å². The lowest BCUT2D eigenvalue weighted by Crippen LogP contribution is -2.58. The minimum Gasteiger partial charge on any atom is -0.458 e. The topological polar surface area (TPSA) is 116 Å². The standard InChI is InChI=1S/C35H58O7/c1-19(2)32-26(9)29(36)18-35(40,42-32)28(11)31(38)27(10)33-22(5)14-12-13-20(3)15-23(6)30(37)24(7)16-21(4)17-25(8)34(39)41-33/h12-14,16-17,19,22-24,26-33,36-38,40H,15,18H2,1-11H3/b14-12+,20-13+,21-16+,25-17?/t22-,23-,24+,26-,27-,28-,29+,30-,31+,32+,33-,35+/m0/s1. The number of allylic oxidation sites excluding steroid dienone is 5. The lowest BCUT2D eigenvalue weighted by atomic mass is 9.75. The molecule has 7 heteroatoms. The molecular weight excluding hydrogens is 532 g/mol. The first-order valence-electron chi connectivity index (χ1n) is 15.8. The second-order valence-corrected chi connectivity index (χ2v) is 13.8. The third kappa shape index (κ3) is 9.12. The maximum Gasteiger partial charge on any atom is 0.334 e. The Morgan fingerprint density at radius 3 is 2.19 bits per heavy atom. The average Bonchev–Trinajstić information content (AvgIpc) is 2.90. The molecule has 42 heavy (non-hydrogen) atoms. The van der Waals surface area contributed by atoms with Crippen LogP contribution in [0.15, 0.2) is 47.1 Å². The zero-order valence-corrected chi connectivity index (χ0v) is 27.7. The summed E-state index contributed by atoms with van der Waals surface area (Å²) in [7, 11) is 0. The summed E-state index contributed by atoms with van der Waals surface area (Å²) in [6.07, 6.45) is 6.95. The molecule has 0 unspecified atom stereocenters. The number of ether oxygens (including phenoxy) is 2. The number of carbonyl (C=O) groups is 1. The fourth-order valence-corrected chi connectivity index (χ4v) is 6.64. The van der Waals surface area contributed by atoms with Gasteiger partial charge in [0.1, 0.15) is 6.10 Å². The first-order chi connectivity index (χ1) is 19.4. The summed E-state index contributed by atoms with van der Waals surface area (Å²) in [4.78, 5) is 13.3. The van der Waals surface area contributed by atoms with Crippen molar-refractivity contribution in [2.24, 2.45) is 41.4 Å². The minimum absolute atomic E-state index is 0.00862. The van der Waals surface area contributed by atoms with Crippen molar-refractivity contribution in [3.63, 3.8) is 0 Å². The van der Waals surface area contributed by atoms with Gasteiger partial charge in [-0.05, 0) is 45.1 Å². The highest BCUT2D eigenvalue weighted by Crippen LogP contribution is 2.41. The van der Waals surface area contributed by atoms with Crippen molar-refractivity contribution >= 4 is 5.97 Å². The van der Waals surface area contributed by atoms with Crippen LogP contribution in [0.5, 0.6) is 0 Å². The van der Waals surface area contributed by atoms with Crippen LogP contribution >= 0.6 is 0 Å². The highest BCUT2D eigenvalue weighted by atomic mass is 16.6. The number of hydrogen-bond donors (Lipinski definition) is 4. The smallest absolute Gasteiger partial charge is 0.334 e. The van der Waals surface area contributed by atoms with Gasteiger partial charge in [-0.2, -0.15) is 0 Å². The number of cyclic esters (lactones) is 1. The Balaban J connectivity index is 2.43. The maximum atomic E-state index is 13.3. The second kappa shape index (κ2) is 15.3. The molecule has 1 fully saturated rings. The molecule has 0 amide bonds. The fourth-order valence-electron chi connectivity index (χ4n) is 6.64. The maximum absolute atomic E-state index is 13.3. The molecule has 1 saturated heterocycles. The van der Waals surface area contributed by atoms with Crippen LogP contribution in [0, 0.1) is 41.4 Å². The first-order valence-corrected chi connectivity index (χ1v) is 15.8. The lowest BCUT2D eigenvalue weighted by molar-refractivity contribution is -0.328. The van der Waals surface area contributed by atoms with Crippen LogP contribution in [0.25, 0.3) is 0 Å². The molecule has 0 radical (unpaired) electrons. The number of hydrogen-bond acceptors (Lipinski definition) is 7. The SMILES string of the molecule is CC1=C/C(C)=C/[C@@H](C)[C@@H](O)[C@@H](C)C/C(C)=C/C=C/[C@H](C)[C@@H]([C@@H](C)[C@@H](O)[C@H](C)[C@@]2(O)C[C@@H](O)[C@H](C)[C@@H](C(C)C)O2)OC1=O. The number of carbonyl (C=O) groups excluding carboxylic acids is 1. The predicted octanol–water partition coefficient (Wildman–Crippen LogP) is 5.73. The molecule has 0 aliphatic carbocycles. The van der Waals surface area contributed by atoms with Crippen molar-refractivity contribution in [3.8, 4) is 0 Å². The van der Waals surface area contributed by atoms with Crippen molar-refractivity contribution in [2.75, 3.05) is 0 Å². The van der Waals surface area contributed by atoms with Crippen molar-refractivity contribution < 1.29 is 34.7 Å². The zero-order chi connectivity index (χ0) is 32.1. The second-order valence-electron chi connectivity index (χ2n) is 13.8. The molecule has 0 bridgehead atoms. The Morgan fingerprint density at radius 1 is 0.976 bits per heavy atom. The minimum atomic E-state index is -1.73. The highest BCUT2D eigenvalue weighted by Gasteiger charge is 2.51. The molecule has 4 N–H and O–H groups in total. The van der Waals surface area contributed by atoms with Gasteiger partial charge in [0, 0.05) is 41.6 Å². The van der Waals surface area contributed by atoms with Crippen LogP contribution in [-0.2, 0) is 14.3 Å². The average molecular weight is 591 g/mol. The molecule has 2 rings (SSSR count). The molecular formula is C35H58O7. The summed E-state index contributed by atoms with van der Waals surface area (Å²) in [5.41, 5.74) is 2.40. The van der Waals surface area contributed by atoms with Crippen LogP contribution < -0.4 is 0 Å². The summed E-state index contributed by atoms with van der Waals surface area (Å²) in [6, 6.07) is 0. The Labute approximate surface area is 254 Å². The van der Waals surface area contributed by atoms with E-state index in [-0.39, 0.29) is 42.1 Å². The third-order valence-corrected chi connectivity index (χ3v) is 9.52. The molecule has 0 spiro atoms. The van der Waals surface area contributed by atoms with Gasteiger partial charge in [0.05, 0.1) is 24.4 Å². The van der Waals surface area contributed by atoms with E-state index < -0.39 is 48.0 Å².